The van der Waals surface area contributed by atoms with E-state index in [1.54, 1.807) is 0 Å². The van der Waals surface area contributed by atoms with Crippen LogP contribution >= 0.6 is 0 Å². The van der Waals surface area contributed by atoms with Crippen molar-refractivity contribution in [2.75, 3.05) is 0 Å². The van der Waals surface area contributed by atoms with E-state index in [4.69, 9.17) is 0 Å². The van der Waals surface area contributed by atoms with Crippen LogP contribution in [0.1, 0.15) is 11.1 Å². The number of fused-ring (bicyclic) bond motifs is 2. The molecule has 0 N–H and O–H groups in total. The molecule has 0 atom stereocenters. The van der Waals surface area contributed by atoms with Crippen LogP contribution in [0.5, 0.6) is 0 Å². The molecule has 0 radical (unpaired) electrons. The smallest absolute Gasteiger partial charge is 0.199 e. The van der Waals surface area contributed by atoms with Gasteiger partial charge in [0.1, 0.15) is 0 Å². The van der Waals surface area contributed by atoms with Crippen molar-refractivity contribution in [3.8, 4) is 0 Å². The third kappa shape index (κ3) is 3.94. The third-order valence-electron chi connectivity index (χ3n) is 5.32. The molecule has 14 heteroatoms. The van der Waals surface area contributed by atoms with Crippen LogP contribution in [0, 0.1) is 0 Å². The molecule has 0 unspecified atom stereocenters. The molecule has 0 aliphatic heterocycles. The molecule has 0 heterocycles. The van der Waals surface area contributed by atoms with Crippen LogP contribution in [0.15, 0.2) is 48.5 Å². The Morgan fingerprint density at radius 3 is 1.14 bits per heavy atom. The van der Waals surface area contributed by atoms with E-state index in [1.165, 1.54) is 0 Å². The zero-order chi connectivity index (χ0) is 26.8. The van der Waals surface area contributed by atoms with E-state index in [2.05, 4.69) is 0 Å². The molecular weight excluding hydrogens is 518 g/mol. The minimum atomic E-state index is -6.76. The fourth-order valence-electron chi connectivity index (χ4n) is 3.62. The van der Waals surface area contributed by atoms with E-state index in [0.29, 0.717) is 24.3 Å². The summed E-state index contributed by atoms with van der Waals surface area (Å²) in [6.45, 7) is 0. The number of benzene rings is 3. The summed E-state index contributed by atoms with van der Waals surface area (Å²) in [6, 6.07) is 5.95. The first-order valence-electron chi connectivity index (χ1n) is 9.26. The third-order valence-corrected chi connectivity index (χ3v) is 5.32. The lowest BCUT2D eigenvalue weighted by Crippen LogP contribution is -2.53. The van der Waals surface area contributed by atoms with E-state index < -0.39 is 75.1 Å². The summed E-state index contributed by atoms with van der Waals surface area (Å²) >= 11 is 0. The Hall–Kier alpha value is -2.80. The van der Waals surface area contributed by atoms with E-state index in [-0.39, 0.29) is 0 Å². The number of alkyl halides is 14. The lowest BCUT2D eigenvalue weighted by Gasteiger charge is -2.32. The number of hydrogen-bond donors (Lipinski definition) is 0. The molecule has 0 amide bonds. The molecule has 0 aromatic heterocycles. The predicted molar refractivity (Wildman–Crippen MR) is 96.0 cm³/mol. The van der Waals surface area contributed by atoms with Crippen LogP contribution in [-0.2, 0) is 12.3 Å². The Kier molecular flexibility index (Phi) is 6.01. The fraction of sp³-hybridized carbons (Fsp3) is 0.333. The molecule has 0 saturated heterocycles. The van der Waals surface area contributed by atoms with Gasteiger partial charge in [0, 0.05) is 12.0 Å². The zero-order valence-corrected chi connectivity index (χ0v) is 16.6. The standard InChI is InChI=1S/C21H10F14/c22-16(23,18(26,27)20(30,31)32)9-14-10-5-1-3-7-12(10)15(13-8-4-2-6-11(13)14)17(24,25)19(28,29)21(33,34)35/h1-8H,9H2. The summed E-state index contributed by atoms with van der Waals surface area (Å²) in [5.74, 6) is -25.1. The van der Waals surface area contributed by atoms with Crippen LogP contribution in [0.25, 0.3) is 21.5 Å². The normalized spacial score (nSPS) is 14.7. The molecule has 0 nitrogen and oxygen atoms in total. The van der Waals surface area contributed by atoms with Crippen molar-refractivity contribution < 1.29 is 61.5 Å². The molecule has 192 valence electrons. The van der Waals surface area contributed by atoms with Gasteiger partial charge in [-0.05, 0) is 27.1 Å². The number of rotatable bonds is 5. The average Bonchev–Trinajstić information content (AvgIpc) is 2.71. The molecule has 3 aromatic rings. The van der Waals surface area contributed by atoms with Gasteiger partial charge in [0.2, 0.25) is 0 Å². The van der Waals surface area contributed by atoms with Gasteiger partial charge < -0.3 is 0 Å². The summed E-state index contributed by atoms with van der Waals surface area (Å²) < 4.78 is 189. The van der Waals surface area contributed by atoms with Crippen molar-refractivity contribution in [1.82, 2.24) is 0 Å². The van der Waals surface area contributed by atoms with Gasteiger partial charge in [0.05, 0.1) is 0 Å². The summed E-state index contributed by atoms with van der Waals surface area (Å²) in [6.07, 6.45) is -15.9. The fourth-order valence-corrected chi connectivity index (χ4v) is 3.62. The Balaban J connectivity index is 2.44. The van der Waals surface area contributed by atoms with E-state index in [1.807, 2.05) is 0 Å². The lowest BCUT2D eigenvalue weighted by molar-refractivity contribution is -0.358. The van der Waals surface area contributed by atoms with Gasteiger partial charge in [-0.15, -0.1) is 0 Å². The molecule has 0 aliphatic carbocycles. The second-order valence-electron chi connectivity index (χ2n) is 7.54. The van der Waals surface area contributed by atoms with Crippen molar-refractivity contribution in [1.29, 1.82) is 0 Å². The Labute approximate surface area is 186 Å². The second-order valence-corrected chi connectivity index (χ2v) is 7.54. The highest BCUT2D eigenvalue weighted by molar-refractivity contribution is 6.06. The quantitative estimate of drug-likeness (QED) is 0.230. The Morgan fingerprint density at radius 1 is 0.457 bits per heavy atom. The maximum atomic E-state index is 14.8. The first kappa shape index (κ1) is 26.8. The molecule has 0 spiro atoms. The molecule has 3 aromatic carbocycles. The molecule has 0 bridgehead atoms. The van der Waals surface area contributed by atoms with Gasteiger partial charge >= 0.3 is 36.0 Å². The summed E-state index contributed by atoms with van der Waals surface area (Å²) in [5, 5.41) is -4.20. The first-order valence-corrected chi connectivity index (χ1v) is 9.26. The molecular formula is C21H10F14. The van der Waals surface area contributed by atoms with Crippen LogP contribution in [0.2, 0.25) is 0 Å². The minimum Gasteiger partial charge on any atom is -0.199 e. The number of halogens is 14. The SMILES string of the molecule is FC(F)(F)C(F)(F)C(F)(F)Cc1c2ccccc2c(C(F)(F)C(F)(F)C(F)(F)F)c2ccccc12. The van der Waals surface area contributed by atoms with Crippen LogP contribution in [-0.4, -0.2) is 30.1 Å². The van der Waals surface area contributed by atoms with Crippen molar-refractivity contribution >= 4 is 21.5 Å². The topological polar surface area (TPSA) is 0 Å². The Morgan fingerprint density at radius 2 is 0.800 bits per heavy atom. The molecule has 35 heavy (non-hydrogen) atoms. The van der Waals surface area contributed by atoms with Crippen molar-refractivity contribution in [3.05, 3.63) is 59.7 Å². The summed E-state index contributed by atoms with van der Waals surface area (Å²) in [7, 11) is 0. The van der Waals surface area contributed by atoms with Crippen molar-refractivity contribution in [2.45, 2.75) is 42.5 Å². The minimum absolute atomic E-state index is 0.543. The zero-order valence-electron chi connectivity index (χ0n) is 16.6. The Bertz CT molecular complexity index is 1190. The van der Waals surface area contributed by atoms with Gasteiger partial charge in [-0.2, -0.15) is 61.5 Å². The monoisotopic (exact) mass is 528 g/mol. The maximum Gasteiger partial charge on any atom is 0.460 e. The molecule has 0 saturated carbocycles. The predicted octanol–water partition coefficient (Wildman–Crippen LogP) is 8.66. The van der Waals surface area contributed by atoms with E-state index >= 15 is 0 Å². The first-order chi connectivity index (χ1) is 15.7. The van der Waals surface area contributed by atoms with E-state index in [9.17, 15) is 61.5 Å². The van der Waals surface area contributed by atoms with Gasteiger partial charge in [-0.3, -0.25) is 0 Å². The largest absolute Gasteiger partial charge is 0.460 e. The molecule has 0 aliphatic rings. The maximum absolute atomic E-state index is 14.8. The van der Waals surface area contributed by atoms with E-state index in [0.717, 1.165) is 24.3 Å². The highest BCUT2D eigenvalue weighted by Gasteiger charge is 2.75. The van der Waals surface area contributed by atoms with Crippen LogP contribution < -0.4 is 0 Å². The average molecular weight is 528 g/mol. The van der Waals surface area contributed by atoms with Crippen molar-refractivity contribution in [3.63, 3.8) is 0 Å². The summed E-state index contributed by atoms with van der Waals surface area (Å²) in [4.78, 5) is 0. The van der Waals surface area contributed by atoms with Crippen LogP contribution in [0.3, 0.4) is 0 Å². The second kappa shape index (κ2) is 7.85. The lowest BCUT2D eigenvalue weighted by atomic mass is 9.84. The van der Waals surface area contributed by atoms with Crippen molar-refractivity contribution in [2.24, 2.45) is 0 Å². The van der Waals surface area contributed by atoms with Gasteiger partial charge in [-0.1, -0.05) is 48.5 Å². The van der Waals surface area contributed by atoms with Gasteiger partial charge in [-0.25, -0.2) is 0 Å². The highest BCUT2D eigenvalue weighted by atomic mass is 19.4. The van der Waals surface area contributed by atoms with Gasteiger partial charge in [0.25, 0.3) is 0 Å². The van der Waals surface area contributed by atoms with Gasteiger partial charge in [0.15, 0.2) is 0 Å². The highest BCUT2D eigenvalue weighted by Crippen LogP contribution is 2.56. The number of hydrogen-bond acceptors (Lipinski definition) is 0. The molecule has 0 fully saturated rings. The van der Waals surface area contributed by atoms with Crippen LogP contribution in [0.4, 0.5) is 61.5 Å². The summed E-state index contributed by atoms with van der Waals surface area (Å²) in [5.41, 5.74) is -3.04. The molecule has 3 rings (SSSR count).